The molecule has 0 atom stereocenters. The van der Waals surface area contributed by atoms with E-state index in [4.69, 9.17) is 0 Å². The Hall–Kier alpha value is -1.51. The molecule has 1 aromatic carbocycles. The first-order valence-electron chi connectivity index (χ1n) is 3.83. The van der Waals surface area contributed by atoms with E-state index in [2.05, 4.69) is 32.6 Å². The minimum atomic E-state index is 0.840. The summed E-state index contributed by atoms with van der Waals surface area (Å²) in [5.41, 5.74) is 2.89. The van der Waals surface area contributed by atoms with Crippen LogP contribution >= 0.6 is 12.2 Å². The van der Waals surface area contributed by atoms with E-state index in [0.29, 0.717) is 0 Å². The molecule has 0 aliphatic rings. The molecular weight excluding hydrogens is 182 g/mol. The second-order valence-electron chi connectivity index (χ2n) is 2.75. The molecule has 0 radical (unpaired) electrons. The van der Waals surface area contributed by atoms with Crippen molar-refractivity contribution in [1.82, 2.24) is 10.2 Å². The number of aliphatic imine (C=N–C) groups is 1. The molecule has 1 heterocycles. The highest BCUT2D eigenvalue weighted by molar-refractivity contribution is 7.78. The fourth-order valence-electron chi connectivity index (χ4n) is 1.31. The summed E-state index contributed by atoms with van der Waals surface area (Å²) in [5, 5.41) is 10.3. The van der Waals surface area contributed by atoms with Gasteiger partial charge in [-0.3, -0.25) is 5.10 Å². The number of aromatic nitrogens is 2. The number of nitrogens with one attached hydrogen (secondary N) is 1. The Labute approximate surface area is 80.5 Å². The molecule has 0 amide bonds. The Morgan fingerprint density at radius 1 is 1.54 bits per heavy atom. The van der Waals surface area contributed by atoms with Gasteiger partial charge < -0.3 is 0 Å². The summed E-state index contributed by atoms with van der Waals surface area (Å²) in [4.78, 5) is 3.95. The zero-order valence-corrected chi connectivity index (χ0v) is 7.85. The van der Waals surface area contributed by atoms with Crippen LogP contribution in [0.2, 0.25) is 0 Å². The van der Waals surface area contributed by atoms with Crippen LogP contribution in [0, 0.1) is 6.92 Å². The number of aryl methyl sites for hydroxylation is 1. The van der Waals surface area contributed by atoms with Gasteiger partial charge in [-0.2, -0.15) is 10.1 Å². The summed E-state index contributed by atoms with van der Waals surface area (Å²) in [6, 6.07) is 3.86. The van der Waals surface area contributed by atoms with Crippen molar-refractivity contribution in [3.05, 3.63) is 23.9 Å². The molecule has 0 aliphatic heterocycles. The van der Waals surface area contributed by atoms with Gasteiger partial charge in [0.2, 0.25) is 0 Å². The van der Waals surface area contributed by atoms with Crippen molar-refractivity contribution in [3.63, 3.8) is 0 Å². The summed E-state index contributed by atoms with van der Waals surface area (Å²) in [6.07, 6.45) is 1.78. The van der Waals surface area contributed by atoms with Crippen molar-refractivity contribution < 1.29 is 0 Å². The van der Waals surface area contributed by atoms with E-state index in [9.17, 15) is 0 Å². The Morgan fingerprint density at radius 2 is 2.38 bits per heavy atom. The summed E-state index contributed by atoms with van der Waals surface area (Å²) >= 11 is 4.55. The summed E-state index contributed by atoms with van der Waals surface area (Å²) in [5.74, 6) is 0. The lowest BCUT2D eigenvalue weighted by molar-refractivity contribution is 1.11. The Kier molecular flexibility index (Phi) is 1.93. The van der Waals surface area contributed by atoms with Crippen molar-refractivity contribution in [1.29, 1.82) is 0 Å². The first-order chi connectivity index (χ1) is 6.33. The monoisotopic (exact) mass is 189 g/mol. The van der Waals surface area contributed by atoms with Gasteiger partial charge in [-0.25, -0.2) is 0 Å². The predicted octanol–water partition coefficient (Wildman–Crippen LogP) is 2.61. The van der Waals surface area contributed by atoms with Gasteiger partial charge in [0.15, 0.2) is 0 Å². The van der Waals surface area contributed by atoms with Crippen LogP contribution in [0.5, 0.6) is 0 Å². The Balaban J connectivity index is 2.80. The van der Waals surface area contributed by atoms with E-state index in [1.807, 2.05) is 19.1 Å². The lowest BCUT2D eigenvalue weighted by Crippen LogP contribution is -1.77. The first kappa shape index (κ1) is 8.10. The highest BCUT2D eigenvalue weighted by Crippen LogP contribution is 2.24. The van der Waals surface area contributed by atoms with Crippen LogP contribution in [0.4, 0.5) is 5.69 Å². The normalized spacial score (nSPS) is 9.92. The molecule has 1 aromatic heterocycles. The van der Waals surface area contributed by atoms with Crippen LogP contribution in [0.3, 0.4) is 0 Å². The molecule has 3 nitrogen and oxygen atoms in total. The number of hydrogen-bond acceptors (Lipinski definition) is 3. The molecular formula is C9H7N3S. The van der Waals surface area contributed by atoms with Crippen LogP contribution in [0.25, 0.3) is 10.9 Å². The second-order valence-corrected chi connectivity index (χ2v) is 2.93. The number of rotatable bonds is 1. The van der Waals surface area contributed by atoms with Crippen molar-refractivity contribution in [2.75, 3.05) is 0 Å². The van der Waals surface area contributed by atoms with E-state index < -0.39 is 0 Å². The quantitative estimate of drug-likeness (QED) is 0.553. The minimum Gasteiger partial charge on any atom is -0.277 e. The zero-order chi connectivity index (χ0) is 9.26. The van der Waals surface area contributed by atoms with Crippen LogP contribution in [-0.4, -0.2) is 15.4 Å². The number of benzene rings is 1. The number of fused-ring (bicyclic) bond motifs is 1. The fraction of sp³-hybridized carbons (Fsp3) is 0.111. The maximum atomic E-state index is 4.55. The number of H-pyrrole nitrogens is 1. The van der Waals surface area contributed by atoms with Crippen molar-refractivity contribution in [3.8, 4) is 0 Å². The molecule has 0 saturated carbocycles. The summed E-state index contributed by atoms with van der Waals surface area (Å²) in [6.45, 7) is 1.98. The van der Waals surface area contributed by atoms with Gasteiger partial charge >= 0.3 is 0 Å². The molecule has 1 N–H and O–H groups in total. The number of thiocarbonyl (C=S) groups is 1. The van der Waals surface area contributed by atoms with Gasteiger partial charge in [-0.1, -0.05) is 0 Å². The van der Waals surface area contributed by atoms with Crippen LogP contribution in [0.15, 0.2) is 23.3 Å². The van der Waals surface area contributed by atoms with Gasteiger partial charge in [-0.05, 0) is 31.3 Å². The molecule has 0 fully saturated rings. The van der Waals surface area contributed by atoms with E-state index in [1.54, 1.807) is 6.20 Å². The van der Waals surface area contributed by atoms with Crippen molar-refractivity contribution >= 4 is 34.0 Å². The average molecular weight is 189 g/mol. The van der Waals surface area contributed by atoms with Gasteiger partial charge in [0.05, 0.1) is 22.6 Å². The summed E-state index contributed by atoms with van der Waals surface area (Å²) < 4.78 is 0. The number of nitrogens with zero attached hydrogens (tertiary/aromatic N) is 2. The van der Waals surface area contributed by atoms with Gasteiger partial charge in [-0.15, -0.1) is 0 Å². The molecule has 0 unspecified atom stereocenters. The first-order valence-corrected chi connectivity index (χ1v) is 4.24. The molecule has 64 valence electrons. The topological polar surface area (TPSA) is 41.0 Å². The lowest BCUT2D eigenvalue weighted by atomic mass is 10.1. The summed E-state index contributed by atoms with van der Waals surface area (Å²) in [7, 11) is 0. The maximum absolute atomic E-state index is 4.55. The maximum Gasteiger partial charge on any atom is 0.0790 e. The van der Waals surface area contributed by atoms with Crippen LogP contribution < -0.4 is 0 Å². The van der Waals surface area contributed by atoms with Crippen molar-refractivity contribution in [2.24, 2.45) is 4.99 Å². The van der Waals surface area contributed by atoms with Crippen LogP contribution in [0.1, 0.15) is 5.56 Å². The van der Waals surface area contributed by atoms with Crippen molar-refractivity contribution in [2.45, 2.75) is 6.92 Å². The minimum absolute atomic E-state index is 0.840. The van der Waals surface area contributed by atoms with E-state index >= 15 is 0 Å². The SMILES string of the molecule is Cc1c(N=C=S)ccc2cn[nH]c12. The second kappa shape index (κ2) is 3.09. The molecule has 0 aliphatic carbocycles. The number of isothiocyanates is 1. The standard InChI is InChI=1S/C9H7N3S/c1-6-8(10-5-13)3-2-7-4-11-12-9(6)7/h2-4H,1H3,(H,11,12). The molecule has 13 heavy (non-hydrogen) atoms. The fourth-order valence-corrected chi connectivity index (χ4v) is 1.41. The molecule has 0 bridgehead atoms. The van der Waals surface area contributed by atoms with Gasteiger partial charge in [0.1, 0.15) is 0 Å². The third-order valence-electron chi connectivity index (χ3n) is 2.01. The third kappa shape index (κ3) is 1.26. The van der Waals surface area contributed by atoms with E-state index in [0.717, 1.165) is 22.2 Å². The largest absolute Gasteiger partial charge is 0.277 e. The molecule has 2 rings (SSSR count). The highest BCUT2D eigenvalue weighted by atomic mass is 32.1. The van der Waals surface area contributed by atoms with E-state index in [-0.39, 0.29) is 0 Å². The smallest absolute Gasteiger partial charge is 0.0790 e. The van der Waals surface area contributed by atoms with Crippen LogP contribution in [-0.2, 0) is 0 Å². The third-order valence-corrected chi connectivity index (χ3v) is 2.11. The molecule has 0 spiro atoms. The Morgan fingerprint density at radius 3 is 3.15 bits per heavy atom. The van der Waals surface area contributed by atoms with Gasteiger partial charge in [0, 0.05) is 10.9 Å². The zero-order valence-electron chi connectivity index (χ0n) is 7.03. The van der Waals surface area contributed by atoms with E-state index in [1.165, 1.54) is 0 Å². The molecule has 4 heteroatoms. The lowest BCUT2D eigenvalue weighted by Gasteiger charge is -1.98. The predicted molar refractivity (Wildman–Crippen MR) is 55.5 cm³/mol. The van der Waals surface area contributed by atoms with Gasteiger partial charge in [0.25, 0.3) is 0 Å². The Bertz CT molecular complexity index is 495. The molecule has 2 aromatic rings. The number of aromatic amines is 1. The molecule has 0 saturated heterocycles. The highest BCUT2D eigenvalue weighted by Gasteiger charge is 2.02. The average Bonchev–Trinajstić information content (AvgIpc) is 2.58. The number of hydrogen-bond donors (Lipinski definition) is 1.